The van der Waals surface area contributed by atoms with Gasteiger partial charge in [-0.05, 0) is 75.9 Å². The predicted molar refractivity (Wildman–Crippen MR) is 152 cm³/mol. The molecule has 0 spiro atoms. The van der Waals surface area contributed by atoms with Crippen LogP contribution in [0.5, 0.6) is 0 Å². The third kappa shape index (κ3) is 5.38. The van der Waals surface area contributed by atoms with Crippen molar-refractivity contribution in [2.24, 2.45) is 0 Å². The van der Waals surface area contributed by atoms with Crippen molar-refractivity contribution in [2.75, 3.05) is 0 Å². The number of amides is 4. The molecule has 0 bridgehead atoms. The van der Waals surface area contributed by atoms with Gasteiger partial charge in [-0.15, -0.1) is 0 Å². The number of hydrogen-bond donors (Lipinski definition) is 0. The van der Waals surface area contributed by atoms with Crippen LogP contribution in [-0.4, -0.2) is 45.0 Å². The van der Waals surface area contributed by atoms with Crippen molar-refractivity contribution in [1.29, 1.82) is 0 Å². The molecule has 0 saturated heterocycles. The molecule has 210 valence electrons. The lowest BCUT2D eigenvalue weighted by atomic mass is 10.0. The Morgan fingerprint density at radius 2 is 0.950 bits per heavy atom. The summed E-state index contributed by atoms with van der Waals surface area (Å²) in [5, 5.41) is 0.838. The first-order valence-electron chi connectivity index (χ1n) is 12.9. The van der Waals surface area contributed by atoms with Gasteiger partial charge in [-0.2, -0.15) is 0 Å². The summed E-state index contributed by atoms with van der Waals surface area (Å²) in [7, 11) is 0. The summed E-state index contributed by atoms with van der Waals surface area (Å²) in [6.07, 6.45) is -0.919. The number of fused-ring (bicyclic) bond motifs is 1. The van der Waals surface area contributed by atoms with Gasteiger partial charge in [0.1, 0.15) is 11.2 Å². The molecule has 2 aliphatic rings. The first-order valence-corrected chi connectivity index (χ1v) is 13.6. The number of carbonyl (C=O) groups excluding carboxylic acids is 4. The largest absolute Gasteiger partial charge is 0.443 e. The fraction of sp³-hybridized carbons (Fsp3) is 0.333. The molecule has 4 rings (SSSR count). The minimum absolute atomic E-state index is 0.00455. The van der Waals surface area contributed by atoms with Gasteiger partial charge in [0.25, 0.3) is 11.8 Å². The Labute approximate surface area is 243 Å². The zero-order valence-electron chi connectivity index (χ0n) is 23.1. The fourth-order valence-electron chi connectivity index (χ4n) is 4.12. The molecule has 40 heavy (non-hydrogen) atoms. The third-order valence-corrected chi connectivity index (χ3v) is 7.54. The van der Waals surface area contributed by atoms with Crippen molar-refractivity contribution in [3.05, 3.63) is 80.8 Å². The van der Waals surface area contributed by atoms with Crippen LogP contribution in [0.4, 0.5) is 9.59 Å². The number of imide groups is 2. The molecule has 0 unspecified atom stereocenters. The number of halogens is 2. The van der Waals surface area contributed by atoms with Gasteiger partial charge in [0, 0.05) is 10.0 Å². The van der Waals surface area contributed by atoms with Crippen LogP contribution in [0.3, 0.4) is 0 Å². The minimum atomic E-state index is -0.944. The van der Waals surface area contributed by atoms with Crippen LogP contribution in [0.15, 0.2) is 59.7 Å². The van der Waals surface area contributed by atoms with Crippen molar-refractivity contribution in [3.8, 4) is 0 Å². The van der Waals surface area contributed by atoms with E-state index in [9.17, 15) is 19.2 Å². The molecule has 0 atom stereocenters. The van der Waals surface area contributed by atoms with E-state index in [4.69, 9.17) is 32.7 Å². The second kappa shape index (κ2) is 10.7. The lowest BCUT2D eigenvalue weighted by molar-refractivity contribution is -0.124. The molecule has 8 nitrogen and oxygen atoms in total. The fourth-order valence-corrected chi connectivity index (χ4v) is 4.37. The van der Waals surface area contributed by atoms with Crippen LogP contribution < -0.4 is 0 Å². The molecule has 2 aromatic carbocycles. The number of hydrogen-bond acceptors (Lipinski definition) is 6. The van der Waals surface area contributed by atoms with Crippen molar-refractivity contribution >= 4 is 58.6 Å². The van der Waals surface area contributed by atoms with E-state index in [1.54, 1.807) is 76.2 Å². The van der Waals surface area contributed by atoms with E-state index >= 15 is 0 Å². The molecule has 0 aliphatic carbocycles. The van der Waals surface area contributed by atoms with E-state index in [2.05, 4.69) is 0 Å². The molecule has 0 fully saturated rings. The number of nitrogens with zero attached hydrogens (tertiary/aromatic N) is 2. The lowest BCUT2D eigenvalue weighted by Crippen LogP contribution is -2.41. The summed E-state index contributed by atoms with van der Waals surface area (Å²) < 4.78 is 11.4. The molecule has 2 aromatic rings. The normalized spacial score (nSPS) is 15.7. The maximum Gasteiger partial charge on any atom is 0.422 e. The first kappa shape index (κ1) is 29.4. The molecule has 2 aliphatic heterocycles. The standard InChI is InChI=1S/C30H30Cl2N2O6/c1-7-29(3,4)39-27(37)33-23(17-9-13-19(31)14-10-17)21-22(25(33)35)24(18-11-15-20(32)16-12-18)34(26(21)36)28(38)40-30(5,6)8-2/h9-16H,7-8H2,1-6H3. The second-order valence-corrected chi connectivity index (χ2v) is 11.6. The van der Waals surface area contributed by atoms with E-state index in [-0.39, 0.29) is 22.5 Å². The number of ether oxygens (including phenoxy) is 2. The smallest absolute Gasteiger partial charge is 0.422 e. The minimum Gasteiger partial charge on any atom is -0.443 e. The molecule has 4 amide bonds. The highest BCUT2D eigenvalue weighted by atomic mass is 35.5. The number of carbonyl (C=O) groups is 4. The maximum absolute atomic E-state index is 14.1. The predicted octanol–water partition coefficient (Wildman–Crippen LogP) is 7.45. The Bertz CT molecular complexity index is 1340. The van der Waals surface area contributed by atoms with Crippen LogP contribution in [0.1, 0.15) is 65.5 Å². The van der Waals surface area contributed by atoms with Gasteiger partial charge in [-0.1, -0.05) is 61.3 Å². The Morgan fingerprint density at radius 3 is 1.23 bits per heavy atom. The quantitative estimate of drug-likeness (QED) is 0.350. The molecule has 10 heteroatoms. The molecule has 0 aromatic heterocycles. The summed E-state index contributed by atoms with van der Waals surface area (Å²) in [5.41, 5.74) is -1.29. The topological polar surface area (TPSA) is 93.2 Å². The Morgan fingerprint density at radius 1 is 0.650 bits per heavy atom. The highest BCUT2D eigenvalue weighted by molar-refractivity contribution is 6.36. The van der Waals surface area contributed by atoms with Crippen LogP contribution in [0.25, 0.3) is 11.4 Å². The monoisotopic (exact) mass is 584 g/mol. The third-order valence-electron chi connectivity index (χ3n) is 7.04. The van der Waals surface area contributed by atoms with Crippen LogP contribution in [0.2, 0.25) is 10.0 Å². The van der Waals surface area contributed by atoms with Gasteiger partial charge >= 0.3 is 12.2 Å². The number of rotatable bonds is 6. The van der Waals surface area contributed by atoms with E-state index < -0.39 is 35.2 Å². The summed E-state index contributed by atoms with van der Waals surface area (Å²) in [6, 6.07) is 12.6. The summed E-state index contributed by atoms with van der Waals surface area (Å²) in [5.74, 6) is -1.61. The van der Waals surface area contributed by atoms with Gasteiger partial charge in [0.2, 0.25) is 0 Å². The Hall–Kier alpha value is -3.62. The van der Waals surface area contributed by atoms with Gasteiger partial charge < -0.3 is 9.47 Å². The SMILES string of the molecule is CCC(C)(C)OC(=O)N1C(=O)C2=C(c3ccc(Cl)cc3)N(C(=O)OC(C)(C)CC)C(=O)C2=C1c1ccc(Cl)cc1. The van der Waals surface area contributed by atoms with Crippen molar-refractivity contribution in [3.63, 3.8) is 0 Å². The molecule has 2 heterocycles. The van der Waals surface area contributed by atoms with Crippen molar-refractivity contribution in [1.82, 2.24) is 9.80 Å². The second-order valence-electron chi connectivity index (χ2n) is 10.7. The lowest BCUT2D eigenvalue weighted by Gasteiger charge is -2.29. The van der Waals surface area contributed by atoms with Gasteiger partial charge in [0.15, 0.2) is 0 Å². The highest BCUT2D eigenvalue weighted by Crippen LogP contribution is 2.47. The van der Waals surface area contributed by atoms with Crippen LogP contribution in [-0.2, 0) is 19.1 Å². The van der Waals surface area contributed by atoms with E-state index in [1.165, 1.54) is 0 Å². The molecule has 0 saturated carbocycles. The van der Waals surface area contributed by atoms with Gasteiger partial charge in [0.05, 0.1) is 22.5 Å². The van der Waals surface area contributed by atoms with Crippen LogP contribution in [0, 0.1) is 0 Å². The average Bonchev–Trinajstić information content (AvgIpc) is 3.36. The van der Waals surface area contributed by atoms with E-state index in [0.29, 0.717) is 34.0 Å². The highest BCUT2D eigenvalue weighted by Gasteiger charge is 2.54. The summed E-state index contributed by atoms with van der Waals surface area (Å²) in [6.45, 7) is 10.6. The Kier molecular flexibility index (Phi) is 7.89. The summed E-state index contributed by atoms with van der Waals surface area (Å²) in [4.78, 5) is 56.9. The summed E-state index contributed by atoms with van der Waals surface area (Å²) >= 11 is 12.2. The average molecular weight is 585 g/mol. The van der Waals surface area contributed by atoms with E-state index in [0.717, 1.165) is 9.80 Å². The van der Waals surface area contributed by atoms with Gasteiger partial charge in [-0.25, -0.2) is 19.4 Å². The number of benzene rings is 2. The molecular weight excluding hydrogens is 555 g/mol. The zero-order chi connectivity index (χ0) is 29.6. The van der Waals surface area contributed by atoms with Crippen molar-refractivity contribution < 1.29 is 28.7 Å². The van der Waals surface area contributed by atoms with Crippen molar-refractivity contribution in [2.45, 2.75) is 65.6 Å². The molecule has 0 radical (unpaired) electrons. The van der Waals surface area contributed by atoms with E-state index in [1.807, 2.05) is 13.8 Å². The van der Waals surface area contributed by atoms with Crippen LogP contribution >= 0.6 is 23.2 Å². The zero-order valence-corrected chi connectivity index (χ0v) is 24.6. The van der Waals surface area contributed by atoms with Gasteiger partial charge in [-0.3, -0.25) is 9.59 Å². The maximum atomic E-state index is 14.1. The molecule has 0 N–H and O–H groups in total. The molecular formula is C30H30Cl2N2O6. The Balaban J connectivity index is 1.99. The first-order chi connectivity index (χ1) is 18.7.